The summed E-state index contributed by atoms with van der Waals surface area (Å²) in [4.78, 5) is 16.1. The summed E-state index contributed by atoms with van der Waals surface area (Å²) in [7, 11) is 0. The van der Waals surface area contributed by atoms with Crippen LogP contribution in [-0.2, 0) is 0 Å². The number of thiophene rings is 1. The summed E-state index contributed by atoms with van der Waals surface area (Å²) < 4.78 is 8.06. The molecule has 0 aliphatic rings. The number of aromatic nitrogens is 1. The number of nitrogens with zero attached hydrogens (tertiary/aromatic N) is 2. The van der Waals surface area contributed by atoms with E-state index in [0.29, 0.717) is 11.1 Å². The Morgan fingerprint density at radius 2 is 1.50 bits per heavy atom. The molecule has 0 amide bonds. The van der Waals surface area contributed by atoms with Gasteiger partial charge in [-0.3, -0.25) is 0 Å². The number of anilines is 1. The maximum Gasteiger partial charge on any atom is 0.345 e. The lowest BCUT2D eigenvalue weighted by Crippen LogP contribution is -2.21. The quantitative estimate of drug-likeness (QED) is 0.249. The Labute approximate surface area is 201 Å². The van der Waals surface area contributed by atoms with Gasteiger partial charge in [-0.05, 0) is 56.3 Å². The molecular formula is C29H24N2O2S. The number of rotatable bonds is 5. The third-order valence-corrected chi connectivity index (χ3v) is 7.61. The molecule has 3 aromatic carbocycles. The smallest absolute Gasteiger partial charge is 0.345 e. The summed E-state index contributed by atoms with van der Waals surface area (Å²) in [5.41, 5.74) is 4.30. The third kappa shape index (κ3) is 3.24. The van der Waals surface area contributed by atoms with Gasteiger partial charge in [0.15, 0.2) is 0 Å². The zero-order valence-corrected chi connectivity index (χ0v) is 19.9. The van der Waals surface area contributed by atoms with Gasteiger partial charge in [0.1, 0.15) is 10.6 Å². The lowest BCUT2D eigenvalue weighted by molar-refractivity contribution is 0.563. The molecule has 0 atom stereocenters. The number of fused-ring (bicyclic) bond motifs is 4. The van der Waals surface area contributed by atoms with E-state index in [1.807, 2.05) is 24.3 Å². The van der Waals surface area contributed by atoms with Gasteiger partial charge in [-0.1, -0.05) is 36.4 Å². The lowest BCUT2D eigenvalue weighted by Gasteiger charge is -2.20. The van der Waals surface area contributed by atoms with Crippen LogP contribution in [0.5, 0.6) is 0 Å². The molecular weight excluding hydrogens is 440 g/mol. The number of benzene rings is 3. The molecule has 3 aromatic heterocycles. The van der Waals surface area contributed by atoms with Gasteiger partial charge in [-0.2, -0.15) is 0 Å². The topological polar surface area (TPSA) is 38.4 Å². The Bertz CT molecular complexity index is 1670. The first kappa shape index (κ1) is 20.8. The van der Waals surface area contributed by atoms with Crippen molar-refractivity contribution in [2.75, 3.05) is 18.0 Å². The molecule has 5 heteroatoms. The van der Waals surface area contributed by atoms with Crippen LogP contribution in [0.15, 0.2) is 94.1 Å². The molecule has 0 N–H and O–H groups in total. The minimum Gasteiger partial charge on any atom is -0.422 e. The minimum atomic E-state index is -0.306. The van der Waals surface area contributed by atoms with Crippen LogP contribution in [0, 0.1) is 0 Å². The number of para-hydroxylation sites is 2. The molecule has 0 aliphatic carbocycles. The first-order chi connectivity index (χ1) is 16.7. The Hall–Kier alpha value is -3.83. The Morgan fingerprint density at radius 3 is 2.18 bits per heavy atom. The van der Waals surface area contributed by atoms with Gasteiger partial charge in [0.2, 0.25) is 0 Å². The van der Waals surface area contributed by atoms with E-state index in [0.717, 1.165) is 45.1 Å². The Kier molecular flexibility index (Phi) is 5.00. The first-order valence-corrected chi connectivity index (χ1v) is 12.4. The van der Waals surface area contributed by atoms with Crippen molar-refractivity contribution in [3.63, 3.8) is 0 Å². The number of hydrogen-bond acceptors (Lipinski definition) is 4. The third-order valence-electron chi connectivity index (χ3n) is 6.51. The van der Waals surface area contributed by atoms with E-state index >= 15 is 0 Å². The van der Waals surface area contributed by atoms with Gasteiger partial charge in [-0.25, -0.2) is 4.79 Å². The second-order valence-corrected chi connectivity index (χ2v) is 9.41. The van der Waals surface area contributed by atoms with Crippen molar-refractivity contribution in [1.82, 2.24) is 4.57 Å². The van der Waals surface area contributed by atoms with E-state index in [-0.39, 0.29) is 5.63 Å². The van der Waals surface area contributed by atoms with Gasteiger partial charge < -0.3 is 13.9 Å². The van der Waals surface area contributed by atoms with Gasteiger partial charge in [0, 0.05) is 45.9 Å². The van der Waals surface area contributed by atoms with Gasteiger partial charge in [0.05, 0.1) is 16.6 Å². The van der Waals surface area contributed by atoms with Crippen LogP contribution in [0.1, 0.15) is 13.8 Å². The predicted octanol–water partition coefficient (Wildman–Crippen LogP) is 7.46. The second-order valence-electron chi connectivity index (χ2n) is 8.35. The van der Waals surface area contributed by atoms with Crippen LogP contribution >= 0.6 is 11.3 Å². The summed E-state index contributed by atoms with van der Waals surface area (Å²) in [6.07, 6.45) is 0. The van der Waals surface area contributed by atoms with Crippen molar-refractivity contribution in [3.8, 4) is 15.4 Å². The largest absolute Gasteiger partial charge is 0.422 e. The average molecular weight is 465 g/mol. The van der Waals surface area contributed by atoms with E-state index in [2.05, 4.69) is 84.0 Å². The summed E-state index contributed by atoms with van der Waals surface area (Å²) in [6, 6.07) is 29.1. The zero-order valence-electron chi connectivity index (χ0n) is 19.1. The van der Waals surface area contributed by atoms with Crippen molar-refractivity contribution < 1.29 is 4.42 Å². The Morgan fingerprint density at radius 1 is 0.824 bits per heavy atom. The van der Waals surface area contributed by atoms with E-state index in [1.165, 1.54) is 10.8 Å². The molecule has 4 nitrogen and oxygen atoms in total. The van der Waals surface area contributed by atoms with Crippen molar-refractivity contribution in [2.45, 2.75) is 13.8 Å². The molecule has 0 aliphatic heterocycles. The molecule has 0 radical (unpaired) electrons. The van der Waals surface area contributed by atoms with Gasteiger partial charge in [-0.15, -0.1) is 11.3 Å². The van der Waals surface area contributed by atoms with Crippen molar-refractivity contribution in [3.05, 3.63) is 95.3 Å². The molecule has 34 heavy (non-hydrogen) atoms. The lowest BCUT2D eigenvalue weighted by atomic mass is 10.1. The molecule has 0 unspecified atom stereocenters. The van der Waals surface area contributed by atoms with Crippen LogP contribution in [-0.4, -0.2) is 17.7 Å². The van der Waals surface area contributed by atoms with Crippen LogP contribution < -0.4 is 10.5 Å². The van der Waals surface area contributed by atoms with Gasteiger partial charge >= 0.3 is 5.63 Å². The fraction of sp³-hybridized carbons (Fsp3) is 0.138. The minimum absolute atomic E-state index is 0.306. The SMILES string of the molecule is CCN(CC)c1ccc2cc(-c3ccc(-n4c5ccccc5c5ccccc54)s3)c(=O)oc2c1. The molecule has 168 valence electrons. The molecule has 0 spiro atoms. The van der Waals surface area contributed by atoms with Crippen LogP contribution in [0.25, 0.3) is 48.2 Å². The molecule has 0 saturated heterocycles. The molecule has 0 bridgehead atoms. The van der Waals surface area contributed by atoms with Crippen LogP contribution in [0.3, 0.4) is 0 Å². The fourth-order valence-corrected chi connectivity index (χ4v) is 5.85. The molecule has 6 rings (SSSR count). The van der Waals surface area contributed by atoms with E-state index in [4.69, 9.17) is 4.42 Å². The average Bonchev–Trinajstić information content (AvgIpc) is 3.47. The number of hydrogen-bond donors (Lipinski definition) is 0. The van der Waals surface area contributed by atoms with Crippen LogP contribution in [0.4, 0.5) is 5.69 Å². The standard InChI is InChI=1S/C29H24N2O2S/c1-3-30(4-2)20-14-13-19-17-23(29(32)33-26(19)18-20)27-15-16-28(34-27)31-24-11-7-5-9-21(24)22-10-6-8-12-25(22)31/h5-18H,3-4H2,1-2H3. The highest BCUT2D eigenvalue weighted by Gasteiger charge is 2.16. The van der Waals surface area contributed by atoms with E-state index in [9.17, 15) is 4.79 Å². The van der Waals surface area contributed by atoms with Crippen molar-refractivity contribution >= 4 is 49.8 Å². The molecule has 6 aromatic rings. The molecule has 0 fully saturated rings. The monoisotopic (exact) mass is 464 g/mol. The maximum atomic E-state index is 13.0. The van der Waals surface area contributed by atoms with Crippen molar-refractivity contribution in [1.29, 1.82) is 0 Å². The fourth-order valence-electron chi connectivity index (χ4n) is 4.81. The highest BCUT2D eigenvalue weighted by molar-refractivity contribution is 7.18. The summed E-state index contributed by atoms with van der Waals surface area (Å²) >= 11 is 1.61. The van der Waals surface area contributed by atoms with Gasteiger partial charge in [0.25, 0.3) is 0 Å². The summed E-state index contributed by atoms with van der Waals surface area (Å²) in [5.74, 6) is 0. The summed E-state index contributed by atoms with van der Waals surface area (Å²) in [6.45, 7) is 6.06. The molecule has 0 saturated carbocycles. The summed E-state index contributed by atoms with van der Waals surface area (Å²) in [5, 5.41) is 4.45. The maximum absolute atomic E-state index is 13.0. The van der Waals surface area contributed by atoms with Crippen molar-refractivity contribution in [2.24, 2.45) is 0 Å². The highest BCUT2D eigenvalue weighted by Crippen LogP contribution is 2.37. The second kappa shape index (κ2) is 8.19. The molecule has 3 heterocycles. The van der Waals surface area contributed by atoms with Crippen LogP contribution in [0.2, 0.25) is 0 Å². The zero-order chi connectivity index (χ0) is 23.2. The van der Waals surface area contributed by atoms with E-state index in [1.54, 1.807) is 11.3 Å². The predicted molar refractivity (Wildman–Crippen MR) is 144 cm³/mol. The van der Waals surface area contributed by atoms with E-state index < -0.39 is 0 Å². The highest BCUT2D eigenvalue weighted by atomic mass is 32.1. The normalized spacial score (nSPS) is 11.6. The first-order valence-electron chi connectivity index (χ1n) is 11.6. The Balaban J connectivity index is 1.47.